The molecular formula is C12H19N5S. The minimum absolute atomic E-state index is 0.225. The molecule has 0 fully saturated rings. The van der Waals surface area contributed by atoms with E-state index in [2.05, 4.69) is 33.7 Å². The van der Waals surface area contributed by atoms with Crippen molar-refractivity contribution in [3.8, 4) is 0 Å². The fourth-order valence-electron chi connectivity index (χ4n) is 1.95. The van der Waals surface area contributed by atoms with Crippen molar-refractivity contribution in [3.05, 3.63) is 28.8 Å². The monoisotopic (exact) mass is 265 g/mol. The molecule has 0 aromatic carbocycles. The van der Waals surface area contributed by atoms with Crippen LogP contribution in [0.4, 0.5) is 0 Å². The SMILES string of the molecule is CNC(Cc1nccn1C)c1snnc1C(C)C. The fraction of sp³-hybridized carbons (Fsp3) is 0.583. The molecule has 1 unspecified atom stereocenters. The Morgan fingerprint density at radius 3 is 2.78 bits per heavy atom. The largest absolute Gasteiger partial charge is 0.338 e. The van der Waals surface area contributed by atoms with E-state index in [4.69, 9.17) is 0 Å². The summed E-state index contributed by atoms with van der Waals surface area (Å²) < 4.78 is 6.14. The lowest BCUT2D eigenvalue weighted by atomic mass is 10.0. The number of nitrogens with one attached hydrogen (secondary N) is 1. The second-order valence-electron chi connectivity index (χ2n) is 4.68. The first kappa shape index (κ1) is 13.2. The van der Waals surface area contributed by atoms with Crippen molar-refractivity contribution < 1.29 is 0 Å². The second-order valence-corrected chi connectivity index (χ2v) is 5.46. The van der Waals surface area contributed by atoms with Crippen LogP contribution in [0.2, 0.25) is 0 Å². The quantitative estimate of drug-likeness (QED) is 0.897. The lowest BCUT2D eigenvalue weighted by Crippen LogP contribution is -2.21. The molecule has 1 N–H and O–H groups in total. The number of rotatable bonds is 5. The minimum Gasteiger partial charge on any atom is -0.338 e. The third-order valence-corrected chi connectivity index (χ3v) is 3.91. The first-order valence-corrected chi connectivity index (χ1v) is 6.86. The lowest BCUT2D eigenvalue weighted by Gasteiger charge is -2.16. The van der Waals surface area contributed by atoms with Gasteiger partial charge in [0, 0.05) is 25.9 Å². The summed E-state index contributed by atoms with van der Waals surface area (Å²) in [6, 6.07) is 0.225. The summed E-state index contributed by atoms with van der Waals surface area (Å²) in [5, 5.41) is 7.58. The molecule has 2 aromatic heterocycles. The number of imidazole rings is 1. The van der Waals surface area contributed by atoms with Gasteiger partial charge in [0.1, 0.15) is 5.82 Å². The molecule has 0 amide bonds. The summed E-state index contributed by atoms with van der Waals surface area (Å²) in [5.41, 5.74) is 1.09. The predicted molar refractivity (Wildman–Crippen MR) is 72.7 cm³/mol. The Kier molecular flexibility index (Phi) is 4.08. The normalized spacial score (nSPS) is 13.2. The van der Waals surface area contributed by atoms with Crippen LogP contribution in [-0.4, -0.2) is 26.2 Å². The van der Waals surface area contributed by atoms with Crippen molar-refractivity contribution in [1.82, 2.24) is 24.5 Å². The molecule has 0 aliphatic heterocycles. The average Bonchev–Trinajstić information content (AvgIpc) is 2.95. The molecule has 6 heteroatoms. The van der Waals surface area contributed by atoms with E-state index in [1.54, 1.807) is 0 Å². The zero-order valence-corrected chi connectivity index (χ0v) is 12.0. The molecule has 0 aliphatic rings. The number of nitrogens with zero attached hydrogens (tertiary/aromatic N) is 4. The van der Waals surface area contributed by atoms with Crippen molar-refractivity contribution in [3.63, 3.8) is 0 Å². The highest BCUT2D eigenvalue weighted by Gasteiger charge is 2.21. The minimum atomic E-state index is 0.225. The van der Waals surface area contributed by atoms with Crippen LogP contribution < -0.4 is 5.32 Å². The second kappa shape index (κ2) is 5.58. The van der Waals surface area contributed by atoms with Crippen molar-refractivity contribution in [2.45, 2.75) is 32.2 Å². The van der Waals surface area contributed by atoms with E-state index in [1.165, 1.54) is 16.4 Å². The van der Waals surface area contributed by atoms with Crippen LogP contribution >= 0.6 is 11.5 Å². The van der Waals surface area contributed by atoms with Crippen molar-refractivity contribution >= 4 is 11.5 Å². The average molecular weight is 265 g/mol. The maximum Gasteiger partial charge on any atom is 0.110 e. The summed E-state index contributed by atoms with van der Waals surface area (Å²) >= 11 is 1.48. The van der Waals surface area contributed by atoms with Crippen molar-refractivity contribution in [2.24, 2.45) is 7.05 Å². The van der Waals surface area contributed by atoms with Gasteiger partial charge in [0.2, 0.25) is 0 Å². The van der Waals surface area contributed by atoms with Crippen LogP contribution in [0.5, 0.6) is 0 Å². The van der Waals surface area contributed by atoms with Gasteiger partial charge in [-0.2, -0.15) is 0 Å². The molecule has 2 aromatic rings. The van der Waals surface area contributed by atoms with Gasteiger partial charge in [-0.1, -0.05) is 18.3 Å². The van der Waals surface area contributed by atoms with Crippen LogP contribution in [0.3, 0.4) is 0 Å². The van der Waals surface area contributed by atoms with Gasteiger partial charge >= 0.3 is 0 Å². The highest BCUT2D eigenvalue weighted by molar-refractivity contribution is 7.05. The highest BCUT2D eigenvalue weighted by atomic mass is 32.1. The number of likely N-dealkylation sites (N-methyl/N-ethyl adjacent to an activating group) is 1. The number of hydrogen-bond acceptors (Lipinski definition) is 5. The maximum absolute atomic E-state index is 4.37. The molecular weight excluding hydrogens is 246 g/mol. The van der Waals surface area contributed by atoms with E-state index >= 15 is 0 Å². The zero-order chi connectivity index (χ0) is 13.1. The molecule has 0 spiro atoms. The molecule has 0 radical (unpaired) electrons. The Hall–Kier alpha value is -1.27. The Morgan fingerprint density at radius 1 is 1.44 bits per heavy atom. The van der Waals surface area contributed by atoms with Crippen LogP contribution in [0.1, 0.15) is 42.2 Å². The smallest absolute Gasteiger partial charge is 0.110 e. The van der Waals surface area contributed by atoms with Crippen LogP contribution in [0.15, 0.2) is 12.4 Å². The van der Waals surface area contributed by atoms with Gasteiger partial charge in [0.15, 0.2) is 0 Å². The van der Waals surface area contributed by atoms with Crippen molar-refractivity contribution in [2.75, 3.05) is 7.05 Å². The van der Waals surface area contributed by atoms with E-state index in [9.17, 15) is 0 Å². The van der Waals surface area contributed by atoms with Crippen LogP contribution in [0, 0.1) is 0 Å². The summed E-state index contributed by atoms with van der Waals surface area (Å²) in [5.74, 6) is 1.47. The molecule has 5 nitrogen and oxygen atoms in total. The highest BCUT2D eigenvalue weighted by Crippen LogP contribution is 2.27. The van der Waals surface area contributed by atoms with Gasteiger partial charge in [-0.05, 0) is 24.5 Å². The standard InChI is InChI=1S/C12H19N5S/c1-8(2)11-12(18-16-15-11)9(13-3)7-10-14-5-6-17(10)4/h5-6,8-9,13H,7H2,1-4H3. The molecule has 2 rings (SSSR count). The fourth-order valence-corrected chi connectivity index (χ4v) is 2.86. The molecule has 18 heavy (non-hydrogen) atoms. The Labute approximate surface area is 111 Å². The van der Waals surface area contributed by atoms with E-state index in [-0.39, 0.29) is 6.04 Å². The maximum atomic E-state index is 4.37. The number of hydrogen-bond donors (Lipinski definition) is 1. The van der Waals surface area contributed by atoms with Gasteiger partial charge < -0.3 is 9.88 Å². The molecule has 0 saturated heterocycles. The number of aromatic nitrogens is 4. The third-order valence-electron chi connectivity index (χ3n) is 3.06. The summed E-state index contributed by atoms with van der Waals surface area (Å²) in [6.07, 6.45) is 4.65. The molecule has 2 heterocycles. The van der Waals surface area contributed by atoms with E-state index < -0.39 is 0 Å². The number of aryl methyl sites for hydroxylation is 1. The Morgan fingerprint density at radius 2 is 2.22 bits per heavy atom. The summed E-state index contributed by atoms with van der Waals surface area (Å²) in [6.45, 7) is 4.29. The Bertz CT molecular complexity index is 502. The molecule has 0 saturated carbocycles. The van der Waals surface area contributed by atoms with Gasteiger partial charge in [-0.25, -0.2) is 4.98 Å². The lowest BCUT2D eigenvalue weighted by molar-refractivity contribution is 0.562. The van der Waals surface area contributed by atoms with Gasteiger partial charge in [-0.3, -0.25) is 0 Å². The van der Waals surface area contributed by atoms with Gasteiger partial charge in [0.25, 0.3) is 0 Å². The molecule has 0 aliphatic carbocycles. The molecule has 1 atom stereocenters. The predicted octanol–water partition coefficient (Wildman–Crippen LogP) is 1.90. The van der Waals surface area contributed by atoms with E-state index in [1.807, 2.05) is 31.1 Å². The van der Waals surface area contributed by atoms with E-state index in [0.717, 1.165) is 17.9 Å². The first-order chi connectivity index (χ1) is 8.63. The van der Waals surface area contributed by atoms with Gasteiger partial charge in [-0.15, -0.1) is 5.10 Å². The van der Waals surface area contributed by atoms with E-state index in [0.29, 0.717) is 5.92 Å². The third kappa shape index (κ3) is 2.59. The van der Waals surface area contributed by atoms with Crippen LogP contribution in [0.25, 0.3) is 0 Å². The van der Waals surface area contributed by atoms with Gasteiger partial charge in [0.05, 0.1) is 16.6 Å². The van der Waals surface area contributed by atoms with Crippen molar-refractivity contribution in [1.29, 1.82) is 0 Å². The zero-order valence-electron chi connectivity index (χ0n) is 11.2. The molecule has 0 bridgehead atoms. The summed E-state index contributed by atoms with van der Waals surface area (Å²) in [7, 11) is 3.99. The van der Waals surface area contributed by atoms with Crippen LogP contribution in [-0.2, 0) is 13.5 Å². The molecule has 98 valence electrons. The summed E-state index contributed by atoms with van der Waals surface area (Å²) in [4.78, 5) is 5.59. The topological polar surface area (TPSA) is 55.6 Å². The first-order valence-electron chi connectivity index (χ1n) is 6.09. The Balaban J connectivity index is 2.23.